The molecule has 2 rings (SSSR count). The third-order valence-electron chi connectivity index (χ3n) is 2.83. The Morgan fingerprint density at radius 2 is 2.11 bits per heavy atom. The fourth-order valence-corrected chi connectivity index (χ4v) is 1.90. The summed E-state index contributed by atoms with van der Waals surface area (Å²) in [6.45, 7) is 2.48. The van der Waals surface area contributed by atoms with E-state index in [9.17, 15) is 4.79 Å². The molecule has 3 N–H and O–H groups in total. The molecule has 0 radical (unpaired) electrons. The average molecular weight is 255 g/mol. The van der Waals surface area contributed by atoms with Crippen molar-refractivity contribution < 1.29 is 4.79 Å². The maximum atomic E-state index is 12.2. The summed E-state index contributed by atoms with van der Waals surface area (Å²) in [5.41, 5.74) is 8.22. The van der Waals surface area contributed by atoms with Crippen molar-refractivity contribution in [3.63, 3.8) is 0 Å². The van der Waals surface area contributed by atoms with E-state index in [1.54, 1.807) is 12.3 Å². The van der Waals surface area contributed by atoms with Gasteiger partial charge in [0.25, 0.3) is 5.91 Å². The number of aromatic nitrogens is 1. The second-order valence-corrected chi connectivity index (χ2v) is 4.37. The van der Waals surface area contributed by atoms with Gasteiger partial charge in [-0.25, -0.2) is 4.98 Å². The molecule has 19 heavy (non-hydrogen) atoms. The van der Waals surface area contributed by atoms with Gasteiger partial charge in [0.15, 0.2) is 0 Å². The molecule has 0 spiro atoms. The molecule has 0 aliphatic carbocycles. The Morgan fingerprint density at radius 1 is 1.32 bits per heavy atom. The number of nitrogens with zero attached hydrogens (tertiary/aromatic N) is 1. The van der Waals surface area contributed by atoms with Crippen molar-refractivity contribution in [2.24, 2.45) is 5.73 Å². The largest absolute Gasteiger partial charge is 0.330 e. The Balaban J connectivity index is 2.20. The predicted molar refractivity (Wildman–Crippen MR) is 76.1 cm³/mol. The number of nitrogens with one attached hydrogen (secondary N) is 1. The minimum atomic E-state index is -0.151. The Bertz CT molecular complexity index is 581. The minimum Gasteiger partial charge on any atom is -0.330 e. The summed E-state index contributed by atoms with van der Waals surface area (Å²) in [6.07, 6.45) is 2.36. The maximum absolute atomic E-state index is 12.2. The molecular formula is C15H17N3O. The fraction of sp³-hybridized carbons (Fsp3) is 0.200. The molecule has 0 aliphatic rings. The fourth-order valence-electron chi connectivity index (χ4n) is 1.90. The van der Waals surface area contributed by atoms with Gasteiger partial charge in [0, 0.05) is 11.8 Å². The van der Waals surface area contributed by atoms with E-state index in [0.717, 1.165) is 11.1 Å². The summed E-state index contributed by atoms with van der Waals surface area (Å²) < 4.78 is 0. The molecule has 1 amide bonds. The van der Waals surface area contributed by atoms with E-state index in [1.807, 2.05) is 37.3 Å². The highest BCUT2D eigenvalue weighted by molar-refractivity contribution is 6.04. The number of carbonyl (C=O) groups excluding carboxylic acids is 1. The number of nitrogens with two attached hydrogens (primary N) is 1. The van der Waals surface area contributed by atoms with E-state index in [-0.39, 0.29) is 5.91 Å². The molecule has 1 aromatic carbocycles. The molecule has 0 unspecified atom stereocenters. The number of carbonyl (C=O) groups is 1. The Morgan fingerprint density at radius 3 is 2.84 bits per heavy atom. The van der Waals surface area contributed by atoms with E-state index in [1.165, 1.54) is 0 Å². The highest BCUT2D eigenvalue weighted by Crippen LogP contribution is 2.12. The van der Waals surface area contributed by atoms with Crippen LogP contribution in [0.3, 0.4) is 0 Å². The van der Waals surface area contributed by atoms with E-state index < -0.39 is 0 Å². The maximum Gasteiger partial charge on any atom is 0.257 e. The second kappa shape index (κ2) is 6.11. The Kier molecular flexibility index (Phi) is 4.26. The SMILES string of the molecule is Cc1ccnc(NC(=O)c2ccccc2CCN)c1. The Labute approximate surface area is 112 Å². The zero-order valence-electron chi connectivity index (χ0n) is 10.9. The summed E-state index contributed by atoms with van der Waals surface area (Å²) in [7, 11) is 0. The predicted octanol–water partition coefficient (Wildman–Crippen LogP) is 2.14. The standard InChI is InChI=1S/C15H17N3O/c1-11-7-9-17-14(10-11)18-15(19)13-5-3-2-4-12(13)6-8-16/h2-5,7,9-10H,6,8,16H2,1H3,(H,17,18,19). The molecule has 1 heterocycles. The van der Waals surface area contributed by atoms with Crippen LogP contribution < -0.4 is 11.1 Å². The van der Waals surface area contributed by atoms with Crippen LogP contribution in [0.1, 0.15) is 21.5 Å². The lowest BCUT2D eigenvalue weighted by atomic mass is 10.0. The molecule has 0 atom stereocenters. The Hall–Kier alpha value is -2.20. The molecule has 98 valence electrons. The molecule has 0 saturated carbocycles. The smallest absolute Gasteiger partial charge is 0.257 e. The average Bonchev–Trinajstić information content (AvgIpc) is 2.39. The number of aryl methyl sites for hydroxylation is 1. The third kappa shape index (κ3) is 3.39. The van der Waals surface area contributed by atoms with Crippen LogP contribution in [0, 0.1) is 6.92 Å². The van der Waals surface area contributed by atoms with Gasteiger partial charge in [-0.1, -0.05) is 18.2 Å². The molecule has 4 heteroatoms. The number of amides is 1. The zero-order valence-corrected chi connectivity index (χ0v) is 10.9. The second-order valence-electron chi connectivity index (χ2n) is 4.37. The van der Waals surface area contributed by atoms with Crippen LogP contribution in [0.5, 0.6) is 0 Å². The number of rotatable bonds is 4. The van der Waals surface area contributed by atoms with Gasteiger partial charge < -0.3 is 11.1 Å². The van der Waals surface area contributed by atoms with E-state index >= 15 is 0 Å². The first-order valence-electron chi connectivity index (χ1n) is 6.22. The first-order valence-corrected chi connectivity index (χ1v) is 6.22. The number of hydrogen-bond acceptors (Lipinski definition) is 3. The summed E-state index contributed by atoms with van der Waals surface area (Å²) in [6, 6.07) is 11.2. The first kappa shape index (κ1) is 13.2. The molecule has 0 bridgehead atoms. The highest BCUT2D eigenvalue weighted by atomic mass is 16.1. The molecule has 1 aromatic heterocycles. The number of anilines is 1. The quantitative estimate of drug-likeness (QED) is 0.879. The van der Waals surface area contributed by atoms with Crippen molar-refractivity contribution in [1.29, 1.82) is 0 Å². The molecule has 0 fully saturated rings. The van der Waals surface area contributed by atoms with Crippen LogP contribution >= 0.6 is 0 Å². The summed E-state index contributed by atoms with van der Waals surface area (Å²) in [5, 5.41) is 2.81. The number of benzene rings is 1. The molecular weight excluding hydrogens is 238 g/mol. The highest BCUT2D eigenvalue weighted by Gasteiger charge is 2.10. The minimum absolute atomic E-state index is 0.151. The summed E-state index contributed by atoms with van der Waals surface area (Å²) >= 11 is 0. The van der Waals surface area contributed by atoms with Crippen LogP contribution in [0.15, 0.2) is 42.6 Å². The van der Waals surface area contributed by atoms with Crippen molar-refractivity contribution in [1.82, 2.24) is 4.98 Å². The summed E-state index contributed by atoms with van der Waals surface area (Å²) in [4.78, 5) is 16.4. The van der Waals surface area contributed by atoms with Gasteiger partial charge in [-0.2, -0.15) is 0 Å². The molecule has 0 aliphatic heterocycles. The van der Waals surface area contributed by atoms with Crippen LogP contribution in [-0.2, 0) is 6.42 Å². The van der Waals surface area contributed by atoms with E-state index in [4.69, 9.17) is 5.73 Å². The van der Waals surface area contributed by atoms with Crippen molar-refractivity contribution in [2.45, 2.75) is 13.3 Å². The van der Waals surface area contributed by atoms with E-state index in [2.05, 4.69) is 10.3 Å². The van der Waals surface area contributed by atoms with Gasteiger partial charge in [-0.15, -0.1) is 0 Å². The van der Waals surface area contributed by atoms with Crippen LogP contribution in [0.4, 0.5) is 5.82 Å². The van der Waals surface area contributed by atoms with Crippen LogP contribution in [0.25, 0.3) is 0 Å². The first-order chi connectivity index (χ1) is 9.20. The monoisotopic (exact) mass is 255 g/mol. The topological polar surface area (TPSA) is 68.0 Å². The molecule has 0 saturated heterocycles. The van der Waals surface area contributed by atoms with Gasteiger partial charge in [-0.05, 0) is 49.2 Å². The summed E-state index contributed by atoms with van der Waals surface area (Å²) in [5.74, 6) is 0.412. The van der Waals surface area contributed by atoms with E-state index in [0.29, 0.717) is 24.3 Å². The van der Waals surface area contributed by atoms with Crippen molar-refractivity contribution in [2.75, 3.05) is 11.9 Å². The lowest BCUT2D eigenvalue weighted by molar-refractivity contribution is 0.102. The van der Waals surface area contributed by atoms with Gasteiger partial charge in [0.05, 0.1) is 0 Å². The van der Waals surface area contributed by atoms with Gasteiger partial charge in [0.2, 0.25) is 0 Å². The zero-order chi connectivity index (χ0) is 13.7. The van der Waals surface area contributed by atoms with Crippen molar-refractivity contribution in [3.8, 4) is 0 Å². The molecule has 2 aromatic rings. The van der Waals surface area contributed by atoms with Crippen molar-refractivity contribution in [3.05, 3.63) is 59.3 Å². The lowest BCUT2D eigenvalue weighted by Gasteiger charge is -2.09. The van der Waals surface area contributed by atoms with Gasteiger partial charge >= 0.3 is 0 Å². The normalized spacial score (nSPS) is 10.2. The van der Waals surface area contributed by atoms with Crippen LogP contribution in [-0.4, -0.2) is 17.4 Å². The number of hydrogen-bond donors (Lipinski definition) is 2. The third-order valence-corrected chi connectivity index (χ3v) is 2.83. The number of pyridine rings is 1. The molecule has 4 nitrogen and oxygen atoms in total. The van der Waals surface area contributed by atoms with Crippen LogP contribution in [0.2, 0.25) is 0 Å². The lowest BCUT2D eigenvalue weighted by Crippen LogP contribution is -2.16. The van der Waals surface area contributed by atoms with Gasteiger partial charge in [-0.3, -0.25) is 4.79 Å². The van der Waals surface area contributed by atoms with Crippen molar-refractivity contribution >= 4 is 11.7 Å². The van der Waals surface area contributed by atoms with Gasteiger partial charge in [0.1, 0.15) is 5.82 Å².